The zero-order valence-electron chi connectivity index (χ0n) is 36.0. The summed E-state index contributed by atoms with van der Waals surface area (Å²) in [4.78, 5) is 2.42. The Bertz CT molecular complexity index is 3970. The Morgan fingerprint density at radius 3 is 1.48 bits per heavy atom. The largest absolute Gasteiger partial charge is 0.456 e. The Labute approximate surface area is 382 Å². The van der Waals surface area contributed by atoms with Crippen LogP contribution in [0.2, 0.25) is 0 Å². The van der Waals surface area contributed by atoms with Crippen LogP contribution in [0.25, 0.3) is 110 Å². The molecular formula is C64H41NO. The van der Waals surface area contributed by atoms with Crippen molar-refractivity contribution in [1.82, 2.24) is 0 Å². The third-order valence-electron chi connectivity index (χ3n) is 13.5. The second kappa shape index (κ2) is 15.5. The third-order valence-corrected chi connectivity index (χ3v) is 13.5. The van der Waals surface area contributed by atoms with E-state index in [4.69, 9.17) is 4.42 Å². The minimum Gasteiger partial charge on any atom is -0.456 e. The molecule has 0 aliphatic heterocycles. The van der Waals surface area contributed by atoms with Gasteiger partial charge < -0.3 is 9.32 Å². The summed E-state index contributed by atoms with van der Waals surface area (Å²) >= 11 is 0. The minimum atomic E-state index is 0.911. The first kappa shape index (κ1) is 37.8. The molecule has 2 heteroatoms. The highest BCUT2D eigenvalue weighted by Gasteiger charge is 2.20. The lowest BCUT2D eigenvalue weighted by atomic mass is 9.87. The van der Waals surface area contributed by atoms with Crippen LogP contribution in [0.1, 0.15) is 0 Å². The topological polar surface area (TPSA) is 16.4 Å². The molecule has 0 atom stereocenters. The molecule has 2 nitrogen and oxygen atoms in total. The molecule has 0 unspecified atom stereocenters. The van der Waals surface area contributed by atoms with Crippen LogP contribution in [0.15, 0.2) is 253 Å². The van der Waals surface area contributed by atoms with Crippen LogP contribution in [0.3, 0.4) is 0 Å². The van der Waals surface area contributed by atoms with E-state index in [2.05, 4.69) is 241 Å². The van der Waals surface area contributed by atoms with Gasteiger partial charge in [-0.15, -0.1) is 0 Å². The number of nitrogens with zero attached hydrogens (tertiary/aromatic N) is 1. The van der Waals surface area contributed by atoms with Gasteiger partial charge in [0.2, 0.25) is 0 Å². The predicted octanol–water partition coefficient (Wildman–Crippen LogP) is 18.3. The summed E-state index contributed by atoms with van der Waals surface area (Å²) in [5.74, 6) is 0. The molecule has 0 saturated heterocycles. The normalized spacial score (nSPS) is 11.6. The van der Waals surface area contributed by atoms with Crippen LogP contribution in [0.4, 0.5) is 17.1 Å². The molecule has 13 aromatic rings. The second-order valence-electron chi connectivity index (χ2n) is 17.2. The van der Waals surface area contributed by atoms with E-state index in [1.807, 2.05) is 12.1 Å². The molecule has 308 valence electrons. The third kappa shape index (κ3) is 6.34. The summed E-state index contributed by atoms with van der Waals surface area (Å²) in [5.41, 5.74) is 14.7. The van der Waals surface area contributed by atoms with Gasteiger partial charge in [0.05, 0.1) is 5.69 Å². The van der Waals surface area contributed by atoms with E-state index in [1.54, 1.807) is 0 Å². The first-order valence-electron chi connectivity index (χ1n) is 22.7. The lowest BCUT2D eigenvalue weighted by Gasteiger charge is -2.28. The summed E-state index contributed by atoms with van der Waals surface area (Å²) < 4.78 is 6.11. The number of hydrogen-bond donors (Lipinski definition) is 0. The number of benzene rings is 12. The van der Waals surface area contributed by atoms with Crippen LogP contribution in [0.5, 0.6) is 0 Å². The van der Waals surface area contributed by atoms with E-state index in [9.17, 15) is 0 Å². The maximum absolute atomic E-state index is 6.11. The van der Waals surface area contributed by atoms with Gasteiger partial charge in [0.25, 0.3) is 0 Å². The molecular weight excluding hydrogens is 799 g/mol. The molecule has 0 N–H and O–H groups in total. The molecule has 0 radical (unpaired) electrons. The second-order valence-corrected chi connectivity index (χ2v) is 17.2. The first-order chi connectivity index (χ1) is 32.7. The van der Waals surface area contributed by atoms with E-state index < -0.39 is 0 Å². The Hall–Kier alpha value is -8.72. The average molecular weight is 840 g/mol. The zero-order valence-corrected chi connectivity index (χ0v) is 36.0. The van der Waals surface area contributed by atoms with Gasteiger partial charge in [-0.1, -0.05) is 200 Å². The number of fused-ring (bicyclic) bond motifs is 8. The Kier molecular flexibility index (Phi) is 8.89. The van der Waals surface area contributed by atoms with Crippen LogP contribution < -0.4 is 4.90 Å². The van der Waals surface area contributed by atoms with Gasteiger partial charge >= 0.3 is 0 Å². The van der Waals surface area contributed by atoms with Crippen molar-refractivity contribution >= 4 is 82.1 Å². The molecule has 13 rings (SSSR count). The molecule has 0 amide bonds. The molecule has 0 bridgehead atoms. The van der Waals surface area contributed by atoms with Crippen LogP contribution in [-0.4, -0.2) is 0 Å². The number of anilines is 3. The van der Waals surface area contributed by atoms with Crippen LogP contribution >= 0.6 is 0 Å². The fraction of sp³-hybridized carbons (Fsp3) is 0. The molecule has 1 heterocycles. The summed E-state index contributed by atoms with van der Waals surface area (Å²) in [6.45, 7) is 0. The SMILES string of the molecule is c1ccc2c(-c3c(-c4ccc(N(c5ccc(-c6ccc(-c7ccc8oc9ccccc9c8c7)cc6)cc5)c5cc6ccccc6c6ccccc56)cc4)ccc4ccccc34)cccc2c1. The summed E-state index contributed by atoms with van der Waals surface area (Å²) in [6.07, 6.45) is 0. The van der Waals surface area contributed by atoms with Crippen molar-refractivity contribution < 1.29 is 4.42 Å². The summed E-state index contributed by atoms with van der Waals surface area (Å²) in [5, 5.41) is 12.2. The Morgan fingerprint density at radius 2 is 0.758 bits per heavy atom. The van der Waals surface area contributed by atoms with Crippen molar-refractivity contribution in [3.63, 3.8) is 0 Å². The van der Waals surface area contributed by atoms with E-state index in [0.29, 0.717) is 0 Å². The van der Waals surface area contributed by atoms with Gasteiger partial charge in [-0.3, -0.25) is 0 Å². The molecule has 0 spiro atoms. The maximum atomic E-state index is 6.11. The fourth-order valence-corrected chi connectivity index (χ4v) is 10.2. The molecule has 0 aliphatic carbocycles. The molecule has 1 aromatic heterocycles. The van der Waals surface area contributed by atoms with Crippen LogP contribution in [-0.2, 0) is 0 Å². The van der Waals surface area contributed by atoms with Crippen molar-refractivity contribution in [3.8, 4) is 44.5 Å². The number of furan rings is 1. The molecule has 12 aromatic carbocycles. The van der Waals surface area contributed by atoms with Gasteiger partial charge in [0.1, 0.15) is 11.2 Å². The van der Waals surface area contributed by atoms with Crippen molar-refractivity contribution in [2.75, 3.05) is 4.90 Å². The number of para-hydroxylation sites is 1. The highest BCUT2D eigenvalue weighted by atomic mass is 16.3. The van der Waals surface area contributed by atoms with E-state index in [-0.39, 0.29) is 0 Å². The number of hydrogen-bond acceptors (Lipinski definition) is 2. The standard InChI is InChI=1S/C64H41NO/c1-4-16-52-45(12-1)15-11-22-59(52)64-54-18-6-2-13-46(54)32-38-55(64)47-30-36-51(37-31-47)65(61-41-49-14-3-5-17-53(49)56-19-7-8-20-57(56)61)50-34-28-43(29-35-50)42-24-26-44(27-25-42)48-33-39-63-60(40-48)58-21-9-10-23-62(58)66-63/h1-41H. The van der Waals surface area contributed by atoms with E-state index >= 15 is 0 Å². The van der Waals surface area contributed by atoms with Gasteiger partial charge in [0.15, 0.2) is 0 Å². The maximum Gasteiger partial charge on any atom is 0.135 e. The van der Waals surface area contributed by atoms with Gasteiger partial charge in [-0.25, -0.2) is 0 Å². The van der Waals surface area contributed by atoms with Gasteiger partial charge in [-0.05, 0) is 131 Å². The Morgan fingerprint density at radius 1 is 0.258 bits per heavy atom. The van der Waals surface area contributed by atoms with Crippen molar-refractivity contribution in [1.29, 1.82) is 0 Å². The summed E-state index contributed by atoms with van der Waals surface area (Å²) in [7, 11) is 0. The van der Waals surface area contributed by atoms with Crippen LogP contribution in [0, 0.1) is 0 Å². The fourth-order valence-electron chi connectivity index (χ4n) is 10.2. The zero-order chi connectivity index (χ0) is 43.6. The van der Waals surface area contributed by atoms with Crippen molar-refractivity contribution in [3.05, 3.63) is 249 Å². The monoisotopic (exact) mass is 839 g/mol. The van der Waals surface area contributed by atoms with Gasteiger partial charge in [-0.2, -0.15) is 0 Å². The average Bonchev–Trinajstić information content (AvgIpc) is 3.77. The number of rotatable bonds is 7. The van der Waals surface area contributed by atoms with E-state index in [1.165, 1.54) is 82.0 Å². The first-order valence-corrected chi connectivity index (χ1v) is 22.7. The molecule has 66 heavy (non-hydrogen) atoms. The van der Waals surface area contributed by atoms with Crippen molar-refractivity contribution in [2.45, 2.75) is 0 Å². The van der Waals surface area contributed by atoms with Crippen molar-refractivity contribution in [2.24, 2.45) is 0 Å². The highest BCUT2D eigenvalue weighted by Crippen LogP contribution is 2.45. The smallest absolute Gasteiger partial charge is 0.135 e. The van der Waals surface area contributed by atoms with Gasteiger partial charge in [0, 0.05) is 27.5 Å². The molecule has 0 saturated carbocycles. The predicted molar refractivity (Wildman–Crippen MR) is 280 cm³/mol. The van der Waals surface area contributed by atoms with E-state index in [0.717, 1.165) is 44.6 Å². The highest BCUT2D eigenvalue weighted by molar-refractivity contribution is 6.15. The molecule has 0 fully saturated rings. The minimum absolute atomic E-state index is 0.911. The lowest BCUT2D eigenvalue weighted by Crippen LogP contribution is -2.10. The molecule has 0 aliphatic rings. The Balaban J connectivity index is 0.910. The summed E-state index contributed by atoms with van der Waals surface area (Å²) in [6, 6.07) is 90.4. The lowest BCUT2D eigenvalue weighted by molar-refractivity contribution is 0.669. The quantitative estimate of drug-likeness (QED) is 0.149.